The number of unbranched alkanes of at least 4 members (excludes halogenated alkanes) is 2. The fourth-order valence-corrected chi connectivity index (χ4v) is 1.28. The maximum absolute atomic E-state index is 10.7. The van der Waals surface area contributed by atoms with Crippen LogP contribution in [0.1, 0.15) is 33.1 Å². The van der Waals surface area contributed by atoms with Crippen molar-refractivity contribution in [1.29, 1.82) is 0 Å². The number of carbonyl (C=O) groups is 1. The molecule has 1 unspecified atom stereocenters. The highest BCUT2D eigenvalue weighted by Gasteiger charge is 2.05. The quantitative estimate of drug-likeness (QED) is 0.295. The second-order valence-electron chi connectivity index (χ2n) is 3.89. The fourth-order valence-electron chi connectivity index (χ4n) is 1.28. The smallest absolute Gasteiger partial charge is 0.146 e. The second-order valence-corrected chi connectivity index (χ2v) is 3.89. The molecule has 2 heteroatoms. The summed E-state index contributed by atoms with van der Waals surface area (Å²) in [7, 11) is 1.87. The third-order valence-electron chi connectivity index (χ3n) is 2.47. The summed E-state index contributed by atoms with van der Waals surface area (Å²) in [5.41, 5.74) is 1.65. The van der Waals surface area contributed by atoms with Crippen molar-refractivity contribution in [2.75, 3.05) is 7.05 Å². The molecule has 0 fully saturated rings. The molecule has 1 N–H and O–H groups in total. The Hall–Kier alpha value is -1.31. The van der Waals surface area contributed by atoms with Crippen LogP contribution in [0.15, 0.2) is 36.1 Å². The highest BCUT2D eigenvalue weighted by Crippen LogP contribution is 2.13. The first-order valence-corrected chi connectivity index (χ1v) is 5.82. The lowest BCUT2D eigenvalue weighted by atomic mass is 9.99. The van der Waals surface area contributed by atoms with Crippen LogP contribution < -0.4 is 5.32 Å². The number of aldehydes is 1. The van der Waals surface area contributed by atoms with E-state index in [9.17, 15) is 4.79 Å². The Kier molecular flexibility index (Phi) is 8.22. The Morgan fingerprint density at radius 1 is 1.50 bits per heavy atom. The molecule has 0 rings (SSSR count). The molecule has 0 saturated carbocycles. The summed E-state index contributed by atoms with van der Waals surface area (Å²) in [5.74, 6) is 0.0156. The van der Waals surface area contributed by atoms with Crippen LogP contribution in [0.4, 0.5) is 0 Å². The molecule has 0 aliphatic carbocycles. The van der Waals surface area contributed by atoms with Crippen LogP contribution in [-0.4, -0.2) is 13.3 Å². The predicted octanol–water partition coefficient (Wildman–Crippen LogP) is 3.23. The van der Waals surface area contributed by atoms with Crippen molar-refractivity contribution in [2.45, 2.75) is 33.1 Å². The average Bonchev–Trinajstić information content (AvgIpc) is 2.31. The average molecular weight is 221 g/mol. The van der Waals surface area contributed by atoms with E-state index in [1.54, 1.807) is 0 Å². The number of carbonyl (C=O) groups excluding carboxylic acids is 1. The molecule has 16 heavy (non-hydrogen) atoms. The third-order valence-corrected chi connectivity index (χ3v) is 2.47. The number of hydrogen-bond donors (Lipinski definition) is 1. The van der Waals surface area contributed by atoms with Gasteiger partial charge in [0, 0.05) is 18.7 Å². The van der Waals surface area contributed by atoms with E-state index < -0.39 is 0 Å². The summed E-state index contributed by atoms with van der Waals surface area (Å²) in [6.45, 7) is 7.91. The van der Waals surface area contributed by atoms with Gasteiger partial charge in [-0.1, -0.05) is 44.6 Å². The Bertz CT molecular complexity index is 276. The third kappa shape index (κ3) is 6.23. The molecule has 2 nitrogen and oxygen atoms in total. The van der Waals surface area contributed by atoms with Crippen molar-refractivity contribution in [3.63, 3.8) is 0 Å². The molecule has 0 amide bonds. The summed E-state index contributed by atoms with van der Waals surface area (Å²) in [6.07, 6.45) is 10.5. The van der Waals surface area contributed by atoms with Gasteiger partial charge in [-0.25, -0.2) is 0 Å². The van der Waals surface area contributed by atoms with Gasteiger partial charge in [-0.05, 0) is 18.9 Å². The molecule has 0 aromatic carbocycles. The fraction of sp³-hybridized carbons (Fsp3) is 0.500. The van der Waals surface area contributed by atoms with E-state index in [2.05, 4.69) is 24.9 Å². The van der Waals surface area contributed by atoms with Gasteiger partial charge < -0.3 is 5.32 Å². The molecule has 1 atom stereocenters. The minimum atomic E-state index is 0.0156. The highest BCUT2D eigenvalue weighted by molar-refractivity contribution is 5.74. The van der Waals surface area contributed by atoms with E-state index in [0.29, 0.717) is 5.57 Å². The first kappa shape index (κ1) is 14.7. The van der Waals surface area contributed by atoms with E-state index in [0.717, 1.165) is 18.4 Å². The van der Waals surface area contributed by atoms with E-state index >= 15 is 0 Å². The van der Waals surface area contributed by atoms with Crippen molar-refractivity contribution in [3.8, 4) is 0 Å². The summed E-state index contributed by atoms with van der Waals surface area (Å²) in [6, 6.07) is 0. The van der Waals surface area contributed by atoms with Crippen LogP contribution in [0.2, 0.25) is 0 Å². The van der Waals surface area contributed by atoms with E-state index in [4.69, 9.17) is 0 Å². The maximum Gasteiger partial charge on any atom is 0.146 e. The van der Waals surface area contributed by atoms with Crippen LogP contribution in [0.25, 0.3) is 0 Å². The lowest BCUT2D eigenvalue weighted by molar-refractivity contribution is -0.105. The van der Waals surface area contributed by atoms with Crippen LogP contribution >= 0.6 is 0 Å². The molecular formula is C14H23NO. The van der Waals surface area contributed by atoms with E-state index in [1.165, 1.54) is 12.8 Å². The van der Waals surface area contributed by atoms with Gasteiger partial charge in [0.1, 0.15) is 6.29 Å². The predicted molar refractivity (Wildman–Crippen MR) is 70.2 cm³/mol. The molecule has 0 heterocycles. The van der Waals surface area contributed by atoms with Crippen LogP contribution in [0.3, 0.4) is 0 Å². The lowest BCUT2D eigenvalue weighted by Gasteiger charge is -2.08. The summed E-state index contributed by atoms with van der Waals surface area (Å²) < 4.78 is 0. The first-order valence-electron chi connectivity index (χ1n) is 5.82. The SMILES string of the molecule is C=C(C=O)C(C=C(C)NC)/C=C\CCCC. The Morgan fingerprint density at radius 3 is 2.69 bits per heavy atom. The monoisotopic (exact) mass is 221 g/mol. The van der Waals surface area contributed by atoms with E-state index in [1.807, 2.05) is 26.1 Å². The Labute approximate surface area is 99.1 Å². The summed E-state index contributed by atoms with van der Waals surface area (Å²) >= 11 is 0. The van der Waals surface area contributed by atoms with Gasteiger partial charge in [-0.15, -0.1) is 0 Å². The number of hydrogen-bond acceptors (Lipinski definition) is 2. The molecule has 0 aromatic rings. The first-order chi connectivity index (χ1) is 7.65. The molecule has 0 aliphatic rings. The highest BCUT2D eigenvalue weighted by atomic mass is 16.1. The minimum Gasteiger partial charge on any atom is -0.392 e. The normalized spacial score (nSPS) is 13.8. The van der Waals surface area contributed by atoms with Gasteiger partial charge >= 0.3 is 0 Å². The zero-order valence-electron chi connectivity index (χ0n) is 10.6. The minimum absolute atomic E-state index is 0.0156. The molecule has 0 radical (unpaired) electrons. The van der Waals surface area contributed by atoms with Crippen LogP contribution in [0.5, 0.6) is 0 Å². The van der Waals surface area contributed by atoms with Gasteiger partial charge in [-0.3, -0.25) is 4.79 Å². The number of nitrogens with one attached hydrogen (secondary N) is 1. The van der Waals surface area contributed by atoms with Gasteiger partial charge in [0.2, 0.25) is 0 Å². The molecule has 90 valence electrons. The van der Waals surface area contributed by atoms with Gasteiger partial charge in [0.05, 0.1) is 0 Å². The van der Waals surface area contributed by atoms with Gasteiger partial charge in [0.25, 0.3) is 0 Å². The van der Waals surface area contributed by atoms with Crippen molar-refractivity contribution in [2.24, 2.45) is 5.92 Å². The van der Waals surface area contributed by atoms with Crippen molar-refractivity contribution < 1.29 is 4.79 Å². The molecule has 0 saturated heterocycles. The largest absolute Gasteiger partial charge is 0.392 e. The molecule has 0 aliphatic heterocycles. The topological polar surface area (TPSA) is 29.1 Å². The Balaban J connectivity index is 4.50. The second kappa shape index (κ2) is 8.96. The van der Waals surface area contributed by atoms with E-state index in [-0.39, 0.29) is 5.92 Å². The van der Waals surface area contributed by atoms with Crippen molar-refractivity contribution >= 4 is 6.29 Å². The Morgan fingerprint density at radius 2 is 2.19 bits per heavy atom. The zero-order chi connectivity index (χ0) is 12.4. The summed E-state index contributed by atoms with van der Waals surface area (Å²) in [4.78, 5) is 10.7. The molecular weight excluding hydrogens is 198 g/mol. The zero-order valence-corrected chi connectivity index (χ0v) is 10.6. The maximum atomic E-state index is 10.7. The van der Waals surface area contributed by atoms with Crippen molar-refractivity contribution in [3.05, 3.63) is 36.1 Å². The van der Waals surface area contributed by atoms with Gasteiger partial charge in [0.15, 0.2) is 0 Å². The van der Waals surface area contributed by atoms with Crippen LogP contribution in [0, 0.1) is 5.92 Å². The molecule has 0 bridgehead atoms. The van der Waals surface area contributed by atoms with Crippen LogP contribution in [-0.2, 0) is 4.79 Å². The number of rotatable bonds is 8. The molecule has 0 spiro atoms. The number of allylic oxidation sites excluding steroid dienone is 5. The van der Waals surface area contributed by atoms with Crippen molar-refractivity contribution in [1.82, 2.24) is 5.32 Å². The van der Waals surface area contributed by atoms with Gasteiger partial charge in [-0.2, -0.15) is 0 Å². The standard InChI is InChI=1S/C14H23NO/c1-5-6-7-8-9-14(12(2)11-16)10-13(3)15-4/h8-11,14-15H,2,5-7H2,1,3-4H3/b9-8-,13-10?. The summed E-state index contributed by atoms with van der Waals surface area (Å²) in [5, 5.41) is 3.05. The molecule has 0 aromatic heterocycles. The lowest BCUT2D eigenvalue weighted by Crippen LogP contribution is -2.06.